The summed E-state index contributed by atoms with van der Waals surface area (Å²) in [4.78, 5) is 2.35. The maximum atomic E-state index is 5.59. The summed E-state index contributed by atoms with van der Waals surface area (Å²) in [5, 5.41) is 4.23. The van der Waals surface area contributed by atoms with Gasteiger partial charge in [-0.05, 0) is 61.2 Å². The van der Waals surface area contributed by atoms with Crippen molar-refractivity contribution in [2.45, 2.75) is 32.1 Å². The zero-order valence-corrected chi connectivity index (χ0v) is 13.5. The van der Waals surface area contributed by atoms with Gasteiger partial charge in [0.05, 0.1) is 7.11 Å². The normalized spacial score (nSPS) is 25.1. The molecule has 21 heavy (non-hydrogen) atoms. The number of methoxy groups -OCH3 is 1. The van der Waals surface area contributed by atoms with Gasteiger partial charge in [0.1, 0.15) is 5.75 Å². The van der Waals surface area contributed by atoms with E-state index in [0.29, 0.717) is 0 Å². The third-order valence-electron chi connectivity index (χ3n) is 4.92. The van der Waals surface area contributed by atoms with Gasteiger partial charge >= 0.3 is 0 Å². The Bertz CT molecular complexity index is 488. The minimum atomic E-state index is 0.850. The fourth-order valence-electron chi connectivity index (χ4n) is 3.66. The summed E-state index contributed by atoms with van der Waals surface area (Å²) in [6.07, 6.45) is 6.93. The van der Waals surface area contributed by atoms with Gasteiger partial charge in [-0.3, -0.25) is 0 Å². The number of benzene rings is 1. The van der Waals surface area contributed by atoms with E-state index in [1.807, 2.05) is 24.3 Å². The first-order chi connectivity index (χ1) is 10.3. The van der Waals surface area contributed by atoms with Gasteiger partial charge in [0, 0.05) is 18.8 Å². The van der Waals surface area contributed by atoms with Crippen LogP contribution in [0.1, 0.15) is 32.1 Å². The Labute approximate surface area is 132 Å². The zero-order valence-electron chi connectivity index (χ0n) is 12.7. The molecule has 0 aromatic heterocycles. The second kappa shape index (κ2) is 6.65. The van der Waals surface area contributed by atoms with Crippen LogP contribution in [-0.4, -0.2) is 30.2 Å². The lowest BCUT2D eigenvalue weighted by Crippen LogP contribution is -2.46. The van der Waals surface area contributed by atoms with Crippen molar-refractivity contribution in [2.75, 3.05) is 25.5 Å². The zero-order chi connectivity index (χ0) is 14.7. The standard InChI is InChI=1S/C17H24N2OS/c1-20-16-8-6-15(7-9-16)18-17(21)19-11-10-13-4-2-3-5-14(13)12-19/h6-9,13-14H,2-5,10-12H2,1H3,(H,18,21)/t13-,14+/m0/s1. The predicted octanol–water partition coefficient (Wildman–Crippen LogP) is 3.90. The van der Waals surface area contributed by atoms with Crippen LogP contribution < -0.4 is 10.1 Å². The van der Waals surface area contributed by atoms with Crippen LogP contribution >= 0.6 is 12.2 Å². The quantitative estimate of drug-likeness (QED) is 0.837. The van der Waals surface area contributed by atoms with Crippen LogP contribution in [0.3, 0.4) is 0 Å². The van der Waals surface area contributed by atoms with Crippen molar-refractivity contribution in [3.63, 3.8) is 0 Å². The number of rotatable bonds is 2. The predicted molar refractivity (Wildman–Crippen MR) is 90.9 cm³/mol. The summed E-state index contributed by atoms with van der Waals surface area (Å²) < 4.78 is 5.18. The van der Waals surface area contributed by atoms with Crippen molar-refractivity contribution in [3.8, 4) is 5.75 Å². The summed E-state index contributed by atoms with van der Waals surface area (Å²) in [7, 11) is 1.68. The number of likely N-dealkylation sites (tertiary alicyclic amines) is 1. The highest BCUT2D eigenvalue weighted by atomic mass is 32.1. The molecule has 2 fully saturated rings. The van der Waals surface area contributed by atoms with E-state index in [1.54, 1.807) is 7.11 Å². The van der Waals surface area contributed by atoms with Crippen molar-refractivity contribution in [1.82, 2.24) is 4.90 Å². The van der Waals surface area contributed by atoms with Crippen LogP contribution in [0.4, 0.5) is 5.69 Å². The molecule has 0 radical (unpaired) electrons. The maximum Gasteiger partial charge on any atom is 0.173 e. The third kappa shape index (κ3) is 3.49. The van der Waals surface area contributed by atoms with Gasteiger partial charge in [0.2, 0.25) is 0 Å². The number of fused-ring (bicyclic) bond motifs is 1. The summed E-state index contributed by atoms with van der Waals surface area (Å²) in [5.41, 5.74) is 1.03. The van der Waals surface area contributed by atoms with Crippen LogP contribution in [0, 0.1) is 11.8 Å². The number of piperidine rings is 1. The van der Waals surface area contributed by atoms with E-state index in [-0.39, 0.29) is 0 Å². The molecule has 0 spiro atoms. The first-order valence-corrected chi connectivity index (χ1v) is 8.37. The molecule has 2 aliphatic rings. The average molecular weight is 304 g/mol. The molecule has 0 unspecified atom stereocenters. The number of nitrogens with zero attached hydrogens (tertiary/aromatic N) is 1. The van der Waals surface area contributed by atoms with Crippen molar-refractivity contribution < 1.29 is 4.74 Å². The van der Waals surface area contributed by atoms with E-state index >= 15 is 0 Å². The number of anilines is 1. The molecule has 4 heteroatoms. The number of hydrogen-bond acceptors (Lipinski definition) is 2. The summed E-state index contributed by atoms with van der Waals surface area (Å²) in [6, 6.07) is 7.94. The van der Waals surface area contributed by atoms with Crippen molar-refractivity contribution >= 4 is 23.0 Å². The van der Waals surface area contributed by atoms with Crippen LogP contribution in [0.2, 0.25) is 0 Å². The summed E-state index contributed by atoms with van der Waals surface area (Å²) in [6.45, 7) is 2.23. The third-order valence-corrected chi connectivity index (χ3v) is 5.28. The highest BCUT2D eigenvalue weighted by molar-refractivity contribution is 7.80. The second-order valence-electron chi connectivity index (χ2n) is 6.20. The number of hydrogen-bond donors (Lipinski definition) is 1. The van der Waals surface area contributed by atoms with E-state index in [2.05, 4.69) is 10.2 Å². The smallest absolute Gasteiger partial charge is 0.173 e. The molecule has 1 aromatic rings. The Morgan fingerprint density at radius 1 is 1.14 bits per heavy atom. The minimum Gasteiger partial charge on any atom is -0.497 e. The SMILES string of the molecule is COc1ccc(NC(=S)N2CC[C@@H]3CCCC[C@@H]3C2)cc1. The molecule has 1 saturated heterocycles. The lowest BCUT2D eigenvalue weighted by atomic mass is 9.75. The molecule has 1 N–H and O–H groups in total. The topological polar surface area (TPSA) is 24.5 Å². The highest BCUT2D eigenvalue weighted by Crippen LogP contribution is 2.36. The molecule has 1 heterocycles. The van der Waals surface area contributed by atoms with Gasteiger partial charge in [-0.15, -0.1) is 0 Å². The Balaban J connectivity index is 1.57. The number of nitrogens with one attached hydrogen (secondary N) is 1. The largest absolute Gasteiger partial charge is 0.497 e. The Hall–Kier alpha value is -1.29. The molecular weight excluding hydrogens is 280 g/mol. The lowest BCUT2D eigenvalue weighted by Gasteiger charge is -2.42. The van der Waals surface area contributed by atoms with E-state index in [0.717, 1.165) is 41.5 Å². The van der Waals surface area contributed by atoms with Crippen molar-refractivity contribution in [1.29, 1.82) is 0 Å². The molecule has 1 aliphatic heterocycles. The summed E-state index contributed by atoms with van der Waals surface area (Å²) in [5.74, 6) is 2.66. The monoisotopic (exact) mass is 304 g/mol. The van der Waals surface area contributed by atoms with E-state index < -0.39 is 0 Å². The summed E-state index contributed by atoms with van der Waals surface area (Å²) >= 11 is 5.59. The molecule has 1 aromatic carbocycles. The van der Waals surface area contributed by atoms with E-state index in [9.17, 15) is 0 Å². The fourth-order valence-corrected chi connectivity index (χ4v) is 3.95. The second-order valence-corrected chi connectivity index (χ2v) is 6.58. The van der Waals surface area contributed by atoms with Gasteiger partial charge in [-0.1, -0.05) is 19.3 Å². The van der Waals surface area contributed by atoms with E-state index in [1.165, 1.54) is 32.1 Å². The van der Waals surface area contributed by atoms with Gasteiger partial charge in [0.15, 0.2) is 5.11 Å². The molecule has 1 saturated carbocycles. The number of thiocarbonyl (C=S) groups is 1. The van der Waals surface area contributed by atoms with Crippen molar-refractivity contribution in [3.05, 3.63) is 24.3 Å². The molecule has 3 nitrogen and oxygen atoms in total. The van der Waals surface area contributed by atoms with E-state index in [4.69, 9.17) is 17.0 Å². The lowest BCUT2D eigenvalue weighted by molar-refractivity contribution is 0.131. The first-order valence-electron chi connectivity index (χ1n) is 7.96. The van der Waals surface area contributed by atoms with Crippen LogP contribution in [0.15, 0.2) is 24.3 Å². The molecule has 2 atom stereocenters. The Kier molecular flexibility index (Phi) is 4.63. The van der Waals surface area contributed by atoms with Gasteiger partial charge in [-0.25, -0.2) is 0 Å². The van der Waals surface area contributed by atoms with Gasteiger partial charge < -0.3 is 15.0 Å². The first kappa shape index (κ1) is 14.6. The van der Waals surface area contributed by atoms with Crippen LogP contribution in [0.25, 0.3) is 0 Å². The Morgan fingerprint density at radius 3 is 2.57 bits per heavy atom. The minimum absolute atomic E-state index is 0.850. The molecule has 3 rings (SSSR count). The van der Waals surface area contributed by atoms with Gasteiger partial charge in [-0.2, -0.15) is 0 Å². The van der Waals surface area contributed by atoms with Crippen molar-refractivity contribution in [2.24, 2.45) is 11.8 Å². The van der Waals surface area contributed by atoms with Gasteiger partial charge in [0.25, 0.3) is 0 Å². The highest BCUT2D eigenvalue weighted by Gasteiger charge is 2.31. The molecular formula is C17H24N2OS. The fraction of sp³-hybridized carbons (Fsp3) is 0.588. The van der Waals surface area contributed by atoms with Crippen LogP contribution in [0.5, 0.6) is 5.75 Å². The maximum absolute atomic E-state index is 5.59. The average Bonchev–Trinajstić information content (AvgIpc) is 2.55. The molecule has 114 valence electrons. The van der Waals surface area contributed by atoms with Crippen LogP contribution in [-0.2, 0) is 0 Å². The molecule has 1 aliphatic carbocycles. The molecule has 0 bridgehead atoms. The molecule has 0 amide bonds. The Morgan fingerprint density at radius 2 is 1.86 bits per heavy atom. The number of ether oxygens (including phenoxy) is 1.